The summed E-state index contributed by atoms with van der Waals surface area (Å²) >= 11 is 11.8. The van der Waals surface area contributed by atoms with Gasteiger partial charge in [0, 0.05) is 0 Å². The molecule has 0 atom stereocenters. The van der Waals surface area contributed by atoms with E-state index in [1.54, 1.807) is 18.2 Å². The molecule has 1 nitrogen and oxygen atoms in total. The normalized spacial score (nSPS) is 10.4. The Kier molecular flexibility index (Phi) is 3.08. The van der Waals surface area contributed by atoms with E-state index >= 15 is 0 Å². The van der Waals surface area contributed by atoms with Crippen molar-refractivity contribution in [2.45, 2.75) is 6.92 Å². The van der Waals surface area contributed by atoms with Gasteiger partial charge in [0.2, 0.25) is 0 Å². The number of aromatic hydroxyl groups is 1. The molecule has 0 heterocycles. The first-order valence-corrected chi connectivity index (χ1v) is 5.58. The van der Waals surface area contributed by atoms with Gasteiger partial charge in [-0.3, -0.25) is 0 Å². The summed E-state index contributed by atoms with van der Waals surface area (Å²) in [6.07, 6.45) is 0. The molecule has 3 heteroatoms. The van der Waals surface area contributed by atoms with E-state index in [2.05, 4.69) is 0 Å². The molecule has 0 aliphatic rings. The Morgan fingerprint density at radius 1 is 0.938 bits per heavy atom. The molecule has 0 saturated carbocycles. The molecule has 0 saturated heterocycles. The van der Waals surface area contributed by atoms with Crippen LogP contribution < -0.4 is 0 Å². The smallest absolute Gasteiger partial charge is 0.115 e. The number of benzene rings is 2. The Labute approximate surface area is 104 Å². The molecular weight excluding hydrogens is 243 g/mol. The molecule has 0 spiro atoms. The average Bonchev–Trinajstić information content (AvgIpc) is 2.22. The summed E-state index contributed by atoms with van der Waals surface area (Å²) in [7, 11) is 0. The number of halogens is 2. The van der Waals surface area contributed by atoms with E-state index in [9.17, 15) is 5.11 Å². The summed E-state index contributed by atoms with van der Waals surface area (Å²) < 4.78 is 0. The fourth-order valence-electron chi connectivity index (χ4n) is 1.64. The van der Waals surface area contributed by atoms with Crippen LogP contribution in [0.3, 0.4) is 0 Å². The topological polar surface area (TPSA) is 20.2 Å². The van der Waals surface area contributed by atoms with Crippen molar-refractivity contribution in [3.8, 4) is 16.9 Å². The molecule has 2 rings (SSSR count). The first-order chi connectivity index (χ1) is 7.58. The van der Waals surface area contributed by atoms with Crippen molar-refractivity contribution in [1.29, 1.82) is 0 Å². The summed E-state index contributed by atoms with van der Waals surface area (Å²) in [5, 5.41) is 10.4. The number of hydrogen-bond acceptors (Lipinski definition) is 1. The lowest BCUT2D eigenvalue weighted by Crippen LogP contribution is -1.83. The molecule has 0 aliphatic carbocycles. The van der Waals surface area contributed by atoms with Crippen LogP contribution in [-0.4, -0.2) is 5.11 Å². The van der Waals surface area contributed by atoms with Crippen LogP contribution in [0.2, 0.25) is 10.0 Å². The summed E-state index contributed by atoms with van der Waals surface area (Å²) in [4.78, 5) is 0. The molecule has 0 bridgehead atoms. The number of hydrogen-bond donors (Lipinski definition) is 1. The molecule has 0 fully saturated rings. The number of phenolic OH excluding ortho intramolecular Hbond substituents is 1. The minimum atomic E-state index is 0.265. The fraction of sp³-hybridized carbons (Fsp3) is 0.0769. The van der Waals surface area contributed by atoms with E-state index in [1.165, 1.54) is 0 Å². The van der Waals surface area contributed by atoms with Gasteiger partial charge in [-0.15, -0.1) is 0 Å². The fourth-order valence-corrected chi connectivity index (χ4v) is 1.93. The lowest BCUT2D eigenvalue weighted by molar-refractivity contribution is 0.475. The maximum absolute atomic E-state index is 9.34. The largest absolute Gasteiger partial charge is 0.508 e. The zero-order valence-electron chi connectivity index (χ0n) is 8.67. The maximum Gasteiger partial charge on any atom is 0.115 e. The van der Waals surface area contributed by atoms with Crippen molar-refractivity contribution >= 4 is 23.2 Å². The second-order valence-corrected chi connectivity index (χ2v) is 4.44. The zero-order chi connectivity index (χ0) is 11.7. The highest BCUT2D eigenvalue weighted by atomic mass is 35.5. The predicted molar refractivity (Wildman–Crippen MR) is 68.3 cm³/mol. The van der Waals surface area contributed by atoms with Crippen LogP contribution in [0.25, 0.3) is 11.1 Å². The highest BCUT2D eigenvalue weighted by Gasteiger charge is 2.05. The van der Waals surface area contributed by atoms with Crippen LogP contribution in [0.15, 0.2) is 36.4 Å². The molecule has 0 unspecified atom stereocenters. The Hall–Kier alpha value is -1.18. The summed E-state index contributed by atoms with van der Waals surface area (Å²) in [6.45, 7) is 1.94. The second kappa shape index (κ2) is 4.36. The Morgan fingerprint density at radius 2 is 1.69 bits per heavy atom. The monoisotopic (exact) mass is 252 g/mol. The van der Waals surface area contributed by atoms with Crippen molar-refractivity contribution in [2.75, 3.05) is 0 Å². The van der Waals surface area contributed by atoms with E-state index in [-0.39, 0.29) is 5.75 Å². The average molecular weight is 253 g/mol. The van der Waals surface area contributed by atoms with Gasteiger partial charge in [0.25, 0.3) is 0 Å². The van der Waals surface area contributed by atoms with Crippen molar-refractivity contribution < 1.29 is 5.11 Å². The minimum absolute atomic E-state index is 0.265. The minimum Gasteiger partial charge on any atom is -0.508 e. The van der Waals surface area contributed by atoms with Crippen molar-refractivity contribution in [3.05, 3.63) is 52.0 Å². The van der Waals surface area contributed by atoms with Crippen LogP contribution in [0.5, 0.6) is 5.75 Å². The maximum atomic E-state index is 9.34. The van der Waals surface area contributed by atoms with E-state index in [4.69, 9.17) is 23.2 Å². The van der Waals surface area contributed by atoms with Crippen LogP contribution in [-0.2, 0) is 0 Å². The van der Waals surface area contributed by atoms with Gasteiger partial charge in [-0.1, -0.05) is 35.3 Å². The van der Waals surface area contributed by atoms with Crippen LogP contribution in [0.1, 0.15) is 5.56 Å². The Morgan fingerprint density at radius 3 is 2.31 bits per heavy atom. The summed E-state index contributed by atoms with van der Waals surface area (Å²) in [5.74, 6) is 0.265. The van der Waals surface area contributed by atoms with Gasteiger partial charge < -0.3 is 5.11 Å². The van der Waals surface area contributed by atoms with Crippen LogP contribution in [0.4, 0.5) is 0 Å². The third kappa shape index (κ3) is 2.16. The third-order valence-corrected chi connectivity index (χ3v) is 3.18. The van der Waals surface area contributed by atoms with Gasteiger partial charge in [-0.05, 0) is 47.9 Å². The first-order valence-electron chi connectivity index (χ1n) is 4.83. The standard InChI is InChI=1S/C13H10Cl2O/c1-8-6-10(16)3-4-11(8)9-2-5-12(14)13(15)7-9/h2-7,16H,1H3. The van der Waals surface area contributed by atoms with Gasteiger partial charge >= 0.3 is 0 Å². The SMILES string of the molecule is Cc1cc(O)ccc1-c1ccc(Cl)c(Cl)c1. The molecule has 0 amide bonds. The molecule has 82 valence electrons. The number of aryl methyl sites for hydroxylation is 1. The number of rotatable bonds is 1. The zero-order valence-corrected chi connectivity index (χ0v) is 10.2. The molecule has 2 aromatic rings. The van der Waals surface area contributed by atoms with E-state index < -0.39 is 0 Å². The van der Waals surface area contributed by atoms with Crippen molar-refractivity contribution in [2.24, 2.45) is 0 Å². The van der Waals surface area contributed by atoms with Gasteiger partial charge in [0.1, 0.15) is 5.75 Å². The van der Waals surface area contributed by atoms with Crippen molar-refractivity contribution in [3.63, 3.8) is 0 Å². The highest BCUT2D eigenvalue weighted by molar-refractivity contribution is 6.42. The second-order valence-electron chi connectivity index (χ2n) is 3.63. The van der Waals surface area contributed by atoms with E-state index in [0.29, 0.717) is 10.0 Å². The predicted octanol–water partition coefficient (Wildman–Crippen LogP) is 4.67. The molecular formula is C13H10Cl2O. The van der Waals surface area contributed by atoms with E-state index in [1.807, 2.05) is 25.1 Å². The van der Waals surface area contributed by atoms with Gasteiger partial charge in [-0.2, -0.15) is 0 Å². The lowest BCUT2D eigenvalue weighted by atomic mass is 10.0. The molecule has 0 aromatic heterocycles. The highest BCUT2D eigenvalue weighted by Crippen LogP contribution is 2.31. The van der Waals surface area contributed by atoms with Crippen molar-refractivity contribution in [1.82, 2.24) is 0 Å². The third-order valence-electron chi connectivity index (χ3n) is 2.44. The quantitative estimate of drug-likeness (QED) is 0.782. The molecule has 2 aromatic carbocycles. The van der Waals surface area contributed by atoms with Gasteiger partial charge in [-0.25, -0.2) is 0 Å². The van der Waals surface area contributed by atoms with Gasteiger partial charge in [0.15, 0.2) is 0 Å². The Balaban J connectivity index is 2.54. The first kappa shape index (κ1) is 11.3. The molecule has 16 heavy (non-hydrogen) atoms. The summed E-state index contributed by atoms with van der Waals surface area (Å²) in [6, 6.07) is 10.7. The molecule has 0 radical (unpaired) electrons. The molecule has 0 aliphatic heterocycles. The summed E-state index contributed by atoms with van der Waals surface area (Å²) in [5.41, 5.74) is 3.03. The lowest BCUT2D eigenvalue weighted by Gasteiger charge is -2.07. The van der Waals surface area contributed by atoms with Crippen LogP contribution >= 0.6 is 23.2 Å². The Bertz CT molecular complexity index is 535. The van der Waals surface area contributed by atoms with Gasteiger partial charge in [0.05, 0.1) is 10.0 Å². The van der Waals surface area contributed by atoms with Crippen LogP contribution in [0, 0.1) is 6.92 Å². The van der Waals surface area contributed by atoms with E-state index in [0.717, 1.165) is 16.7 Å². The molecule has 1 N–H and O–H groups in total. The number of phenols is 1.